The first-order chi connectivity index (χ1) is 8.36. The molecule has 1 aliphatic carbocycles. The molecule has 0 saturated carbocycles. The molecule has 0 heterocycles. The van der Waals surface area contributed by atoms with Gasteiger partial charge in [0, 0.05) is 5.56 Å². The van der Waals surface area contributed by atoms with Crippen molar-refractivity contribution in [1.29, 1.82) is 0 Å². The molecule has 0 aromatic heterocycles. The standard InChI is InChI=1S/C14H17N3/c15-14(13-9-5-2-6-10-13)17-16-11-12-7-3-1-4-8-12/h2-3,5-10,16H,1,4,11H2,(H2,15,17). The molecule has 0 saturated heterocycles. The van der Waals surface area contributed by atoms with Crippen LogP contribution in [0.3, 0.4) is 0 Å². The van der Waals surface area contributed by atoms with Gasteiger partial charge in [-0.25, -0.2) is 0 Å². The largest absolute Gasteiger partial charge is 0.382 e. The van der Waals surface area contributed by atoms with E-state index in [1.807, 2.05) is 30.3 Å². The maximum atomic E-state index is 5.86. The van der Waals surface area contributed by atoms with Crippen LogP contribution >= 0.6 is 0 Å². The van der Waals surface area contributed by atoms with Gasteiger partial charge >= 0.3 is 0 Å². The van der Waals surface area contributed by atoms with Crippen LogP contribution in [0.5, 0.6) is 0 Å². The van der Waals surface area contributed by atoms with Crippen LogP contribution in [0, 0.1) is 0 Å². The van der Waals surface area contributed by atoms with Gasteiger partial charge in [0.05, 0.1) is 6.54 Å². The predicted octanol–water partition coefficient (Wildman–Crippen LogP) is 2.17. The van der Waals surface area contributed by atoms with E-state index in [4.69, 9.17) is 5.73 Å². The minimum absolute atomic E-state index is 0.519. The normalized spacial score (nSPS) is 15.5. The molecule has 3 nitrogen and oxygen atoms in total. The van der Waals surface area contributed by atoms with E-state index in [0.717, 1.165) is 24.9 Å². The van der Waals surface area contributed by atoms with Crippen molar-refractivity contribution in [3.63, 3.8) is 0 Å². The van der Waals surface area contributed by atoms with Crippen LogP contribution in [0.2, 0.25) is 0 Å². The number of hydrogen-bond acceptors (Lipinski definition) is 2. The number of hydrazone groups is 1. The number of nitrogens with two attached hydrogens (primary N) is 1. The molecule has 1 aromatic carbocycles. The molecule has 0 unspecified atom stereocenters. The van der Waals surface area contributed by atoms with Crippen LogP contribution in [-0.2, 0) is 0 Å². The average molecular weight is 227 g/mol. The fourth-order valence-corrected chi connectivity index (χ4v) is 1.69. The molecule has 0 aliphatic heterocycles. The lowest BCUT2D eigenvalue weighted by Gasteiger charge is -2.07. The third-order valence-corrected chi connectivity index (χ3v) is 2.62. The van der Waals surface area contributed by atoms with Crippen LogP contribution in [-0.4, -0.2) is 12.4 Å². The average Bonchev–Trinajstić information content (AvgIpc) is 2.41. The van der Waals surface area contributed by atoms with Gasteiger partial charge in [-0.15, -0.1) is 0 Å². The lowest BCUT2D eigenvalue weighted by Crippen LogP contribution is -2.20. The van der Waals surface area contributed by atoms with Crippen molar-refractivity contribution >= 4 is 5.84 Å². The summed E-state index contributed by atoms with van der Waals surface area (Å²) >= 11 is 0. The molecule has 3 N–H and O–H groups in total. The van der Waals surface area contributed by atoms with E-state index < -0.39 is 0 Å². The van der Waals surface area contributed by atoms with Gasteiger partial charge in [-0.2, -0.15) is 5.10 Å². The van der Waals surface area contributed by atoms with Crippen LogP contribution in [0.4, 0.5) is 0 Å². The maximum absolute atomic E-state index is 5.86. The Labute approximate surface area is 102 Å². The van der Waals surface area contributed by atoms with Crippen molar-refractivity contribution in [3.05, 3.63) is 59.7 Å². The molecule has 88 valence electrons. The zero-order valence-corrected chi connectivity index (χ0v) is 9.76. The Morgan fingerprint density at radius 3 is 2.76 bits per heavy atom. The van der Waals surface area contributed by atoms with Gasteiger partial charge in [-0.3, -0.25) is 0 Å². The van der Waals surface area contributed by atoms with Crippen molar-refractivity contribution in [2.75, 3.05) is 6.54 Å². The number of benzene rings is 1. The molecule has 2 rings (SSSR count). The number of rotatable bonds is 4. The van der Waals surface area contributed by atoms with Gasteiger partial charge in [-0.1, -0.05) is 48.6 Å². The second kappa shape index (κ2) is 5.89. The number of nitrogens with zero attached hydrogens (tertiary/aromatic N) is 1. The first-order valence-corrected chi connectivity index (χ1v) is 5.83. The number of hydrogen-bond donors (Lipinski definition) is 2. The molecule has 1 aliphatic rings. The minimum atomic E-state index is 0.519. The SMILES string of the molecule is N/C(=N\NCC1=CCCC=C1)c1ccccc1. The zero-order chi connectivity index (χ0) is 11.9. The summed E-state index contributed by atoms with van der Waals surface area (Å²) in [5.74, 6) is 0.519. The van der Waals surface area contributed by atoms with Crippen LogP contribution < -0.4 is 11.2 Å². The lowest BCUT2D eigenvalue weighted by atomic mass is 10.1. The van der Waals surface area contributed by atoms with Gasteiger partial charge < -0.3 is 11.2 Å². The molecule has 0 spiro atoms. The van der Waals surface area contributed by atoms with Crippen LogP contribution in [0.25, 0.3) is 0 Å². The molecule has 0 fully saturated rings. The first kappa shape index (κ1) is 11.5. The van der Waals surface area contributed by atoms with Gasteiger partial charge in [0.15, 0.2) is 5.84 Å². The zero-order valence-electron chi connectivity index (χ0n) is 9.76. The van der Waals surface area contributed by atoms with E-state index in [2.05, 4.69) is 28.8 Å². The Balaban J connectivity index is 1.88. The summed E-state index contributed by atoms with van der Waals surface area (Å²) in [6.45, 7) is 0.726. The van der Waals surface area contributed by atoms with E-state index in [1.54, 1.807) is 0 Å². The molecular formula is C14H17N3. The summed E-state index contributed by atoms with van der Waals surface area (Å²) in [5, 5.41) is 4.16. The molecule has 1 aromatic rings. The Morgan fingerprint density at radius 1 is 1.24 bits per heavy atom. The number of amidine groups is 1. The molecule has 3 heteroatoms. The molecule has 0 atom stereocenters. The summed E-state index contributed by atoms with van der Waals surface area (Å²) < 4.78 is 0. The summed E-state index contributed by atoms with van der Waals surface area (Å²) in [4.78, 5) is 0. The number of allylic oxidation sites excluding steroid dienone is 2. The van der Waals surface area contributed by atoms with E-state index in [1.165, 1.54) is 5.57 Å². The highest BCUT2D eigenvalue weighted by Gasteiger charge is 1.98. The lowest BCUT2D eigenvalue weighted by molar-refractivity contribution is 0.797. The second-order valence-electron chi connectivity index (χ2n) is 3.96. The predicted molar refractivity (Wildman–Crippen MR) is 71.6 cm³/mol. The highest BCUT2D eigenvalue weighted by Crippen LogP contribution is 2.08. The molecule has 0 amide bonds. The second-order valence-corrected chi connectivity index (χ2v) is 3.96. The summed E-state index contributed by atoms with van der Waals surface area (Å²) in [5.41, 5.74) is 11.1. The smallest absolute Gasteiger partial charge is 0.150 e. The molecule has 0 bridgehead atoms. The highest BCUT2D eigenvalue weighted by molar-refractivity contribution is 5.97. The van der Waals surface area contributed by atoms with Crippen molar-refractivity contribution in [3.8, 4) is 0 Å². The van der Waals surface area contributed by atoms with E-state index in [9.17, 15) is 0 Å². The summed E-state index contributed by atoms with van der Waals surface area (Å²) in [7, 11) is 0. The van der Waals surface area contributed by atoms with Crippen molar-refractivity contribution in [1.82, 2.24) is 5.43 Å². The van der Waals surface area contributed by atoms with Crippen molar-refractivity contribution < 1.29 is 0 Å². The Hall–Kier alpha value is -2.03. The topological polar surface area (TPSA) is 50.4 Å². The quantitative estimate of drug-likeness (QED) is 0.470. The molecular weight excluding hydrogens is 210 g/mol. The fraction of sp³-hybridized carbons (Fsp3) is 0.214. The third kappa shape index (κ3) is 3.48. The monoisotopic (exact) mass is 227 g/mol. The maximum Gasteiger partial charge on any atom is 0.150 e. The Bertz CT molecular complexity index is 444. The summed E-state index contributed by atoms with van der Waals surface area (Å²) in [6.07, 6.45) is 8.79. The van der Waals surface area contributed by atoms with Crippen LogP contribution in [0.15, 0.2) is 59.2 Å². The van der Waals surface area contributed by atoms with Crippen molar-refractivity contribution in [2.24, 2.45) is 10.8 Å². The Morgan fingerprint density at radius 2 is 2.06 bits per heavy atom. The van der Waals surface area contributed by atoms with Crippen LogP contribution in [0.1, 0.15) is 18.4 Å². The number of nitrogens with one attached hydrogen (secondary N) is 1. The summed E-state index contributed by atoms with van der Waals surface area (Å²) in [6, 6.07) is 9.75. The molecule has 0 radical (unpaired) electrons. The third-order valence-electron chi connectivity index (χ3n) is 2.62. The first-order valence-electron chi connectivity index (χ1n) is 5.83. The van der Waals surface area contributed by atoms with E-state index in [-0.39, 0.29) is 0 Å². The van der Waals surface area contributed by atoms with Gasteiger partial charge in [0.1, 0.15) is 0 Å². The Kier molecular flexibility index (Phi) is 3.97. The van der Waals surface area contributed by atoms with Gasteiger partial charge in [-0.05, 0) is 18.4 Å². The van der Waals surface area contributed by atoms with E-state index in [0.29, 0.717) is 5.84 Å². The highest BCUT2D eigenvalue weighted by atomic mass is 15.3. The van der Waals surface area contributed by atoms with E-state index >= 15 is 0 Å². The van der Waals surface area contributed by atoms with Crippen molar-refractivity contribution in [2.45, 2.75) is 12.8 Å². The van der Waals surface area contributed by atoms with Gasteiger partial charge in [0.2, 0.25) is 0 Å². The fourth-order valence-electron chi connectivity index (χ4n) is 1.69. The minimum Gasteiger partial charge on any atom is -0.382 e. The van der Waals surface area contributed by atoms with Gasteiger partial charge in [0.25, 0.3) is 0 Å². The molecule has 17 heavy (non-hydrogen) atoms.